The third kappa shape index (κ3) is 2.92. The van der Waals surface area contributed by atoms with Gasteiger partial charge in [-0.25, -0.2) is 9.78 Å². The van der Waals surface area contributed by atoms with Crippen molar-refractivity contribution in [2.24, 2.45) is 5.92 Å². The highest BCUT2D eigenvalue weighted by atomic mass is 32.2. The van der Waals surface area contributed by atoms with Crippen LogP contribution in [-0.2, 0) is 6.54 Å². The van der Waals surface area contributed by atoms with Crippen LogP contribution in [0.3, 0.4) is 0 Å². The molecule has 0 spiro atoms. The molecule has 0 aliphatic heterocycles. The Labute approximate surface area is 116 Å². The van der Waals surface area contributed by atoms with E-state index in [1.54, 1.807) is 18.2 Å². The lowest BCUT2D eigenvalue weighted by Gasteiger charge is -2.13. The normalized spacial score (nSPS) is 12.8. The maximum absolute atomic E-state index is 11.1. The van der Waals surface area contributed by atoms with Gasteiger partial charge in [0.1, 0.15) is 5.82 Å². The van der Waals surface area contributed by atoms with Crippen LogP contribution >= 0.6 is 11.8 Å². The average molecular weight is 278 g/mol. The van der Waals surface area contributed by atoms with E-state index in [1.165, 1.54) is 0 Å². The average Bonchev–Trinajstić information content (AvgIpc) is 2.65. The van der Waals surface area contributed by atoms with Crippen molar-refractivity contribution in [2.75, 3.05) is 12.0 Å². The van der Waals surface area contributed by atoms with Crippen LogP contribution in [0, 0.1) is 12.8 Å². The Hall–Kier alpha value is -1.49. The summed E-state index contributed by atoms with van der Waals surface area (Å²) >= 11 is 1.82. The summed E-state index contributed by atoms with van der Waals surface area (Å²) in [6.45, 7) is 5.03. The fourth-order valence-corrected chi connectivity index (χ4v) is 2.93. The van der Waals surface area contributed by atoms with Crippen molar-refractivity contribution < 1.29 is 9.90 Å². The lowest BCUT2D eigenvalue weighted by Crippen LogP contribution is -2.11. The van der Waals surface area contributed by atoms with Crippen molar-refractivity contribution in [3.8, 4) is 0 Å². The number of carboxylic acids is 1. The molecule has 0 fully saturated rings. The van der Waals surface area contributed by atoms with Crippen molar-refractivity contribution in [3.05, 3.63) is 29.6 Å². The second kappa shape index (κ2) is 5.65. The van der Waals surface area contributed by atoms with Gasteiger partial charge >= 0.3 is 5.97 Å². The number of benzene rings is 1. The monoisotopic (exact) mass is 278 g/mol. The molecular weight excluding hydrogens is 260 g/mol. The summed E-state index contributed by atoms with van der Waals surface area (Å²) in [7, 11) is 0. The molecule has 2 aromatic rings. The van der Waals surface area contributed by atoms with E-state index in [1.807, 2.05) is 18.7 Å². The molecule has 0 saturated heterocycles. The van der Waals surface area contributed by atoms with Gasteiger partial charge in [0.2, 0.25) is 0 Å². The number of thioether (sulfide) groups is 1. The van der Waals surface area contributed by atoms with E-state index < -0.39 is 5.97 Å². The Bertz CT molecular complexity index is 607. The molecule has 0 aliphatic rings. The Morgan fingerprint density at radius 3 is 2.89 bits per heavy atom. The number of aromatic nitrogens is 2. The number of aromatic carboxylic acids is 1. The van der Waals surface area contributed by atoms with Gasteiger partial charge in [-0.3, -0.25) is 0 Å². The molecule has 2 rings (SSSR count). The van der Waals surface area contributed by atoms with E-state index in [-0.39, 0.29) is 0 Å². The van der Waals surface area contributed by atoms with Gasteiger partial charge in [0.05, 0.1) is 16.6 Å². The molecule has 5 heteroatoms. The number of rotatable bonds is 5. The van der Waals surface area contributed by atoms with E-state index in [9.17, 15) is 4.79 Å². The van der Waals surface area contributed by atoms with Crippen molar-refractivity contribution >= 4 is 28.8 Å². The van der Waals surface area contributed by atoms with Gasteiger partial charge in [-0.2, -0.15) is 11.8 Å². The van der Waals surface area contributed by atoms with Crippen LogP contribution in [0.1, 0.15) is 23.1 Å². The highest BCUT2D eigenvalue weighted by Crippen LogP contribution is 2.20. The molecule has 19 heavy (non-hydrogen) atoms. The summed E-state index contributed by atoms with van der Waals surface area (Å²) in [6, 6.07) is 5.10. The quantitative estimate of drug-likeness (QED) is 0.913. The Balaban J connectivity index is 2.43. The predicted molar refractivity (Wildman–Crippen MR) is 79.0 cm³/mol. The molecule has 102 valence electrons. The van der Waals surface area contributed by atoms with Crippen LogP contribution in [0.2, 0.25) is 0 Å². The minimum Gasteiger partial charge on any atom is -0.478 e. The zero-order valence-electron chi connectivity index (χ0n) is 11.4. The van der Waals surface area contributed by atoms with Crippen LogP contribution in [-0.4, -0.2) is 32.6 Å². The van der Waals surface area contributed by atoms with Gasteiger partial charge in [0, 0.05) is 6.54 Å². The van der Waals surface area contributed by atoms with Crippen molar-refractivity contribution in [3.63, 3.8) is 0 Å². The summed E-state index contributed by atoms with van der Waals surface area (Å²) in [5.74, 6) is 1.65. The molecule has 1 unspecified atom stereocenters. The van der Waals surface area contributed by atoms with Crippen LogP contribution in [0.25, 0.3) is 11.0 Å². The third-order valence-corrected chi connectivity index (χ3v) is 4.03. The van der Waals surface area contributed by atoms with E-state index in [4.69, 9.17) is 5.11 Å². The number of hydrogen-bond donors (Lipinski definition) is 1. The number of aryl methyl sites for hydroxylation is 1. The molecule has 1 aromatic carbocycles. The standard InChI is InChI=1S/C14H18N2O2S/c1-9(8-19-3)7-16-10(2)15-12-5-4-11(14(17)18)6-13(12)16/h4-6,9H,7-8H2,1-3H3,(H,17,18). The summed E-state index contributed by atoms with van der Waals surface area (Å²) in [4.78, 5) is 15.5. The second-order valence-corrected chi connectivity index (χ2v) is 5.75. The molecule has 4 nitrogen and oxygen atoms in total. The molecule has 0 bridgehead atoms. The first-order valence-electron chi connectivity index (χ1n) is 6.22. The van der Waals surface area contributed by atoms with Crippen LogP contribution in [0.5, 0.6) is 0 Å². The first kappa shape index (κ1) is 13.9. The fraction of sp³-hybridized carbons (Fsp3) is 0.429. The Morgan fingerprint density at radius 2 is 2.26 bits per heavy atom. The van der Waals surface area contributed by atoms with Gasteiger partial charge in [0.25, 0.3) is 0 Å². The number of carboxylic acid groups (broad SMARTS) is 1. The summed E-state index contributed by atoms with van der Waals surface area (Å²) in [5, 5.41) is 9.08. The predicted octanol–water partition coefficient (Wildman–Crippen LogP) is 3.04. The zero-order valence-corrected chi connectivity index (χ0v) is 12.2. The summed E-state index contributed by atoms with van der Waals surface area (Å²) in [5.41, 5.74) is 2.08. The van der Waals surface area contributed by atoms with Crippen LogP contribution in [0.15, 0.2) is 18.2 Å². The van der Waals surface area contributed by atoms with Gasteiger partial charge in [-0.15, -0.1) is 0 Å². The maximum Gasteiger partial charge on any atom is 0.335 e. The smallest absolute Gasteiger partial charge is 0.335 e. The fourth-order valence-electron chi connectivity index (χ4n) is 2.26. The number of hydrogen-bond acceptors (Lipinski definition) is 3. The second-order valence-electron chi connectivity index (χ2n) is 4.84. The SMILES string of the molecule is CSCC(C)Cn1c(C)nc2ccc(C(=O)O)cc21. The van der Waals surface area contributed by atoms with E-state index >= 15 is 0 Å². The number of carbonyl (C=O) groups is 1. The number of imidazole rings is 1. The number of fused-ring (bicyclic) bond motifs is 1. The molecule has 1 N–H and O–H groups in total. The highest BCUT2D eigenvalue weighted by Gasteiger charge is 2.12. The molecule has 0 aliphatic carbocycles. The first-order chi connectivity index (χ1) is 9.02. The summed E-state index contributed by atoms with van der Waals surface area (Å²) < 4.78 is 2.11. The van der Waals surface area contributed by atoms with Crippen molar-refractivity contribution in [1.29, 1.82) is 0 Å². The van der Waals surface area contributed by atoms with Gasteiger partial charge in [-0.05, 0) is 43.0 Å². The minimum atomic E-state index is -0.899. The zero-order chi connectivity index (χ0) is 14.0. The molecule has 1 heterocycles. The number of nitrogens with zero attached hydrogens (tertiary/aromatic N) is 2. The van der Waals surface area contributed by atoms with Gasteiger partial charge in [-0.1, -0.05) is 6.92 Å². The lowest BCUT2D eigenvalue weighted by atomic mass is 10.2. The van der Waals surface area contributed by atoms with Gasteiger partial charge in [0.15, 0.2) is 0 Å². The molecule has 0 amide bonds. The van der Waals surface area contributed by atoms with Crippen LogP contribution in [0.4, 0.5) is 0 Å². The third-order valence-electron chi connectivity index (χ3n) is 3.13. The Morgan fingerprint density at radius 1 is 1.53 bits per heavy atom. The van der Waals surface area contributed by atoms with E-state index in [0.717, 1.165) is 29.2 Å². The lowest BCUT2D eigenvalue weighted by molar-refractivity contribution is 0.0697. The van der Waals surface area contributed by atoms with Crippen molar-refractivity contribution in [1.82, 2.24) is 9.55 Å². The molecule has 1 atom stereocenters. The van der Waals surface area contributed by atoms with Gasteiger partial charge < -0.3 is 9.67 Å². The first-order valence-corrected chi connectivity index (χ1v) is 7.61. The van der Waals surface area contributed by atoms with Crippen LogP contribution < -0.4 is 0 Å². The topological polar surface area (TPSA) is 55.1 Å². The molecule has 0 saturated carbocycles. The summed E-state index contributed by atoms with van der Waals surface area (Å²) in [6.07, 6.45) is 2.10. The van der Waals surface area contributed by atoms with E-state index in [2.05, 4.69) is 22.7 Å². The maximum atomic E-state index is 11.1. The largest absolute Gasteiger partial charge is 0.478 e. The molecular formula is C14H18N2O2S. The molecule has 0 radical (unpaired) electrons. The van der Waals surface area contributed by atoms with Crippen molar-refractivity contribution in [2.45, 2.75) is 20.4 Å². The Kier molecular flexibility index (Phi) is 4.14. The highest BCUT2D eigenvalue weighted by molar-refractivity contribution is 7.98. The minimum absolute atomic E-state index is 0.311. The van der Waals surface area contributed by atoms with E-state index in [0.29, 0.717) is 11.5 Å². The molecule has 1 aromatic heterocycles.